The van der Waals surface area contributed by atoms with Crippen LogP contribution in [0.4, 0.5) is 0 Å². The van der Waals surface area contributed by atoms with Gasteiger partial charge in [-0.3, -0.25) is 0 Å². The van der Waals surface area contributed by atoms with E-state index in [9.17, 15) is 8.42 Å². The van der Waals surface area contributed by atoms with Gasteiger partial charge in [-0.1, -0.05) is 13.8 Å². The van der Waals surface area contributed by atoms with Crippen molar-refractivity contribution in [2.45, 2.75) is 18.7 Å². The number of likely N-dealkylation sites (N-methyl/N-ethyl adjacent to an activating group) is 1. The Hall–Kier alpha value is -1.35. The lowest BCUT2D eigenvalue weighted by molar-refractivity contribution is 0.111. The predicted octanol–water partition coefficient (Wildman–Crippen LogP) is 1.34. The zero-order valence-electron chi connectivity index (χ0n) is 14.9. The van der Waals surface area contributed by atoms with Crippen molar-refractivity contribution in [1.82, 2.24) is 9.62 Å². The number of benzene rings is 1. The van der Waals surface area contributed by atoms with Gasteiger partial charge in [0.15, 0.2) is 0 Å². The van der Waals surface area contributed by atoms with E-state index >= 15 is 0 Å². The van der Waals surface area contributed by atoms with Gasteiger partial charge in [0.2, 0.25) is 10.0 Å². The molecule has 0 bridgehead atoms. The number of hydrogen-bond acceptors (Lipinski definition) is 6. The zero-order chi connectivity index (χ0) is 18.0. The number of methoxy groups -OCH3 is 2. The lowest BCUT2D eigenvalue weighted by Crippen LogP contribution is -2.30. The lowest BCUT2D eigenvalue weighted by Gasteiger charge is -2.17. The number of rotatable bonds is 12. The first-order valence-corrected chi connectivity index (χ1v) is 9.48. The molecule has 0 aliphatic carbocycles. The molecule has 0 amide bonds. The van der Waals surface area contributed by atoms with Crippen LogP contribution < -0.4 is 14.2 Å². The Morgan fingerprint density at radius 1 is 1.08 bits per heavy atom. The van der Waals surface area contributed by atoms with Crippen LogP contribution in [0.1, 0.15) is 13.8 Å². The molecule has 1 N–H and O–H groups in total. The summed E-state index contributed by atoms with van der Waals surface area (Å²) in [4.78, 5) is 2.29. The first-order valence-electron chi connectivity index (χ1n) is 8.00. The van der Waals surface area contributed by atoms with Crippen LogP contribution in [0.15, 0.2) is 23.1 Å². The van der Waals surface area contributed by atoms with E-state index < -0.39 is 10.0 Å². The van der Waals surface area contributed by atoms with Crippen LogP contribution in [0.3, 0.4) is 0 Å². The molecule has 0 unspecified atom stereocenters. The fourth-order valence-corrected chi connectivity index (χ4v) is 3.35. The van der Waals surface area contributed by atoms with Crippen LogP contribution in [-0.2, 0) is 14.8 Å². The molecule has 0 atom stereocenters. The number of nitrogens with one attached hydrogen (secondary N) is 1. The Morgan fingerprint density at radius 2 is 1.79 bits per heavy atom. The molecule has 0 saturated heterocycles. The molecule has 8 heteroatoms. The van der Waals surface area contributed by atoms with E-state index in [2.05, 4.69) is 23.5 Å². The van der Waals surface area contributed by atoms with Crippen molar-refractivity contribution < 1.29 is 22.6 Å². The maximum Gasteiger partial charge on any atom is 0.244 e. The highest BCUT2D eigenvalue weighted by molar-refractivity contribution is 7.89. The van der Waals surface area contributed by atoms with Crippen LogP contribution in [0, 0.1) is 0 Å². The number of sulfonamides is 1. The van der Waals surface area contributed by atoms with Crippen molar-refractivity contribution in [3.63, 3.8) is 0 Å². The van der Waals surface area contributed by atoms with E-state index in [1.807, 2.05) is 0 Å². The maximum absolute atomic E-state index is 12.4. The minimum atomic E-state index is -3.69. The normalized spacial score (nSPS) is 11.7. The molecule has 0 fully saturated rings. The standard InChI is InChI=1S/C16H28N2O5S/c1-5-18(6-2)10-12-23-11-9-17-24(19,20)16-13-14(21-3)7-8-15(16)22-4/h7-8,13,17H,5-6,9-12H2,1-4H3. The summed E-state index contributed by atoms with van der Waals surface area (Å²) in [5.74, 6) is 0.720. The summed E-state index contributed by atoms with van der Waals surface area (Å²) in [5.41, 5.74) is 0. The second-order valence-corrected chi connectivity index (χ2v) is 6.79. The van der Waals surface area contributed by atoms with E-state index in [1.54, 1.807) is 12.1 Å². The van der Waals surface area contributed by atoms with E-state index in [4.69, 9.17) is 14.2 Å². The van der Waals surface area contributed by atoms with Gasteiger partial charge in [-0.15, -0.1) is 0 Å². The summed E-state index contributed by atoms with van der Waals surface area (Å²) < 4.78 is 43.0. The number of nitrogens with zero attached hydrogens (tertiary/aromatic N) is 1. The first-order chi connectivity index (χ1) is 11.5. The highest BCUT2D eigenvalue weighted by Gasteiger charge is 2.20. The molecule has 0 aliphatic heterocycles. The lowest BCUT2D eigenvalue weighted by atomic mass is 10.3. The van der Waals surface area contributed by atoms with Gasteiger partial charge in [0.25, 0.3) is 0 Å². The molecule has 0 aliphatic rings. The largest absolute Gasteiger partial charge is 0.497 e. The SMILES string of the molecule is CCN(CC)CCOCCNS(=O)(=O)c1cc(OC)ccc1OC. The Balaban J connectivity index is 2.52. The highest BCUT2D eigenvalue weighted by atomic mass is 32.2. The average Bonchev–Trinajstić information content (AvgIpc) is 2.60. The van der Waals surface area contributed by atoms with Gasteiger partial charge in [-0.05, 0) is 25.2 Å². The van der Waals surface area contributed by atoms with Gasteiger partial charge < -0.3 is 19.1 Å². The third-order valence-electron chi connectivity index (χ3n) is 3.65. The van der Waals surface area contributed by atoms with Crippen LogP contribution in [-0.4, -0.2) is 66.9 Å². The fourth-order valence-electron chi connectivity index (χ4n) is 2.16. The monoisotopic (exact) mass is 360 g/mol. The third kappa shape index (κ3) is 6.27. The van der Waals surface area contributed by atoms with Crippen molar-refractivity contribution in [3.8, 4) is 11.5 Å². The van der Waals surface area contributed by atoms with Gasteiger partial charge in [-0.25, -0.2) is 13.1 Å². The van der Waals surface area contributed by atoms with E-state index in [0.29, 0.717) is 19.0 Å². The van der Waals surface area contributed by atoms with Crippen LogP contribution >= 0.6 is 0 Å². The summed E-state index contributed by atoms with van der Waals surface area (Å²) in [5, 5.41) is 0. The van der Waals surface area contributed by atoms with E-state index in [-0.39, 0.29) is 17.2 Å². The van der Waals surface area contributed by atoms with Crippen molar-refractivity contribution in [2.24, 2.45) is 0 Å². The summed E-state index contributed by atoms with van der Waals surface area (Å²) in [7, 11) is -0.785. The zero-order valence-corrected chi connectivity index (χ0v) is 15.7. The molecule has 1 aromatic rings. The highest BCUT2D eigenvalue weighted by Crippen LogP contribution is 2.27. The Bertz CT molecular complexity index is 588. The molecule has 0 saturated carbocycles. The molecule has 138 valence electrons. The molecule has 1 rings (SSSR count). The maximum atomic E-state index is 12.4. The van der Waals surface area contributed by atoms with Gasteiger partial charge in [-0.2, -0.15) is 0 Å². The molecule has 0 heterocycles. The molecule has 1 aromatic carbocycles. The van der Waals surface area contributed by atoms with Gasteiger partial charge in [0.05, 0.1) is 27.4 Å². The van der Waals surface area contributed by atoms with Crippen molar-refractivity contribution >= 4 is 10.0 Å². The molecule has 7 nitrogen and oxygen atoms in total. The molecular formula is C16H28N2O5S. The number of ether oxygens (including phenoxy) is 3. The summed E-state index contributed by atoms with van der Waals surface area (Å²) >= 11 is 0. The minimum absolute atomic E-state index is 0.0486. The fraction of sp³-hybridized carbons (Fsp3) is 0.625. The molecule has 24 heavy (non-hydrogen) atoms. The van der Waals surface area contributed by atoms with Gasteiger partial charge in [0.1, 0.15) is 16.4 Å². The van der Waals surface area contributed by atoms with Crippen LogP contribution in [0.25, 0.3) is 0 Å². The Kier molecular flexibility index (Phi) is 9.05. The summed E-state index contributed by atoms with van der Waals surface area (Å²) in [6.07, 6.45) is 0. The topological polar surface area (TPSA) is 77.1 Å². The first kappa shape index (κ1) is 20.7. The Morgan fingerprint density at radius 3 is 2.38 bits per heavy atom. The quantitative estimate of drug-likeness (QED) is 0.567. The van der Waals surface area contributed by atoms with Gasteiger partial charge >= 0.3 is 0 Å². The van der Waals surface area contributed by atoms with E-state index in [1.165, 1.54) is 20.3 Å². The third-order valence-corrected chi connectivity index (χ3v) is 5.13. The minimum Gasteiger partial charge on any atom is -0.497 e. The van der Waals surface area contributed by atoms with Crippen molar-refractivity contribution in [2.75, 3.05) is 53.6 Å². The van der Waals surface area contributed by atoms with Crippen molar-refractivity contribution in [1.29, 1.82) is 0 Å². The summed E-state index contributed by atoms with van der Waals surface area (Å²) in [6.45, 7) is 8.06. The van der Waals surface area contributed by atoms with Crippen LogP contribution in [0.5, 0.6) is 11.5 Å². The molecule has 0 radical (unpaired) electrons. The van der Waals surface area contributed by atoms with E-state index in [0.717, 1.165) is 19.6 Å². The summed E-state index contributed by atoms with van der Waals surface area (Å²) in [6, 6.07) is 4.64. The van der Waals surface area contributed by atoms with Crippen molar-refractivity contribution in [3.05, 3.63) is 18.2 Å². The predicted molar refractivity (Wildman–Crippen MR) is 93.3 cm³/mol. The second kappa shape index (κ2) is 10.5. The van der Waals surface area contributed by atoms with Crippen LogP contribution in [0.2, 0.25) is 0 Å². The molecular weight excluding hydrogens is 332 g/mol. The molecule has 0 spiro atoms. The average molecular weight is 360 g/mol. The Labute approximate surface area is 144 Å². The number of hydrogen-bond donors (Lipinski definition) is 1. The smallest absolute Gasteiger partial charge is 0.244 e. The second-order valence-electron chi connectivity index (χ2n) is 5.05. The van der Waals surface area contributed by atoms with Gasteiger partial charge in [0, 0.05) is 19.2 Å². The molecule has 0 aromatic heterocycles.